The lowest BCUT2D eigenvalue weighted by Gasteiger charge is -2.08. The molecule has 0 unspecified atom stereocenters. The predicted molar refractivity (Wildman–Crippen MR) is 64.8 cm³/mol. The lowest BCUT2D eigenvalue weighted by atomic mass is 10.3. The second kappa shape index (κ2) is 5.12. The summed E-state index contributed by atoms with van der Waals surface area (Å²) in [7, 11) is 0. The highest BCUT2D eigenvalue weighted by Gasteiger charge is 2.13. The second-order valence-corrected chi connectivity index (χ2v) is 4.01. The van der Waals surface area contributed by atoms with Crippen LogP contribution in [-0.4, -0.2) is 21.3 Å². The number of anilines is 1. The van der Waals surface area contributed by atoms with Gasteiger partial charge in [0, 0.05) is 18.8 Å². The van der Waals surface area contributed by atoms with Gasteiger partial charge < -0.3 is 5.32 Å². The number of nitrogens with zero attached hydrogens (tertiary/aromatic N) is 3. The molecule has 0 aliphatic rings. The van der Waals surface area contributed by atoms with E-state index in [1.807, 2.05) is 13.8 Å². The third-order valence-electron chi connectivity index (χ3n) is 2.38. The van der Waals surface area contributed by atoms with Crippen molar-refractivity contribution in [2.45, 2.75) is 20.3 Å². The van der Waals surface area contributed by atoms with Crippen LogP contribution in [-0.2, 0) is 0 Å². The van der Waals surface area contributed by atoms with E-state index in [2.05, 4.69) is 15.4 Å². The van der Waals surface area contributed by atoms with Crippen molar-refractivity contribution in [1.82, 2.24) is 14.8 Å². The Labute approximate surface area is 104 Å². The maximum absolute atomic E-state index is 13.7. The Bertz CT molecular complexity index is 551. The lowest BCUT2D eigenvalue weighted by Crippen LogP contribution is -2.09. The van der Waals surface area contributed by atoms with Crippen LogP contribution in [0.25, 0.3) is 5.82 Å². The molecular weight excluding hydrogens is 238 g/mol. The number of pyridine rings is 1. The summed E-state index contributed by atoms with van der Waals surface area (Å²) in [6, 6.07) is 0.817. The Kier molecular flexibility index (Phi) is 3.55. The minimum absolute atomic E-state index is 0.0110. The molecule has 0 aliphatic carbocycles. The van der Waals surface area contributed by atoms with Crippen LogP contribution in [0.5, 0.6) is 0 Å². The summed E-state index contributed by atoms with van der Waals surface area (Å²) < 4.78 is 28.4. The molecule has 2 aromatic rings. The van der Waals surface area contributed by atoms with Crippen molar-refractivity contribution in [3.8, 4) is 5.82 Å². The highest BCUT2D eigenvalue weighted by molar-refractivity contribution is 5.42. The summed E-state index contributed by atoms with van der Waals surface area (Å²) in [5, 5.41) is 6.77. The zero-order chi connectivity index (χ0) is 13.1. The van der Waals surface area contributed by atoms with Crippen molar-refractivity contribution in [3.63, 3.8) is 0 Å². The molecule has 2 heterocycles. The molecule has 96 valence electrons. The highest BCUT2D eigenvalue weighted by Crippen LogP contribution is 2.18. The summed E-state index contributed by atoms with van der Waals surface area (Å²) in [6.45, 7) is 4.36. The molecule has 18 heavy (non-hydrogen) atoms. The van der Waals surface area contributed by atoms with Gasteiger partial charge in [-0.1, -0.05) is 6.92 Å². The molecule has 6 heteroatoms. The van der Waals surface area contributed by atoms with Crippen LogP contribution in [0, 0.1) is 18.6 Å². The summed E-state index contributed by atoms with van der Waals surface area (Å²) in [6.07, 6.45) is 4.05. The smallest absolute Gasteiger partial charge is 0.191 e. The van der Waals surface area contributed by atoms with E-state index < -0.39 is 11.6 Å². The van der Waals surface area contributed by atoms with Gasteiger partial charge in [0.1, 0.15) is 0 Å². The number of aromatic nitrogens is 3. The Morgan fingerprint density at radius 1 is 1.33 bits per heavy atom. The Morgan fingerprint density at radius 3 is 2.72 bits per heavy atom. The van der Waals surface area contributed by atoms with Crippen LogP contribution in [0.1, 0.15) is 18.9 Å². The molecular formula is C12H14F2N4. The van der Waals surface area contributed by atoms with Crippen molar-refractivity contribution in [2.24, 2.45) is 0 Å². The molecule has 1 N–H and O–H groups in total. The predicted octanol–water partition coefficient (Wildman–Crippen LogP) is 2.68. The first-order chi connectivity index (χ1) is 8.61. The van der Waals surface area contributed by atoms with Gasteiger partial charge in [-0.05, 0) is 18.9 Å². The summed E-state index contributed by atoms with van der Waals surface area (Å²) >= 11 is 0. The maximum atomic E-state index is 13.7. The van der Waals surface area contributed by atoms with Gasteiger partial charge in [0.05, 0.1) is 6.20 Å². The topological polar surface area (TPSA) is 42.7 Å². The average molecular weight is 252 g/mol. The van der Waals surface area contributed by atoms with Crippen molar-refractivity contribution in [3.05, 3.63) is 35.7 Å². The van der Waals surface area contributed by atoms with Gasteiger partial charge in [0.2, 0.25) is 0 Å². The van der Waals surface area contributed by atoms with Crippen molar-refractivity contribution in [1.29, 1.82) is 0 Å². The molecule has 0 radical (unpaired) electrons. The SMILES string of the molecule is CCCNc1nc(-n2cc(C)cn2)c(F)cc1F. The van der Waals surface area contributed by atoms with E-state index in [1.54, 1.807) is 12.4 Å². The van der Waals surface area contributed by atoms with E-state index in [4.69, 9.17) is 0 Å². The minimum Gasteiger partial charge on any atom is -0.368 e. The minimum atomic E-state index is -0.738. The Hall–Kier alpha value is -1.98. The number of rotatable bonds is 4. The molecule has 2 rings (SSSR count). The molecule has 0 saturated carbocycles. The third kappa shape index (κ3) is 2.47. The van der Waals surface area contributed by atoms with E-state index in [9.17, 15) is 8.78 Å². The van der Waals surface area contributed by atoms with Crippen LogP contribution < -0.4 is 5.32 Å². The molecule has 0 aliphatic heterocycles. The van der Waals surface area contributed by atoms with Crippen molar-refractivity contribution in [2.75, 3.05) is 11.9 Å². The zero-order valence-electron chi connectivity index (χ0n) is 10.2. The number of hydrogen-bond acceptors (Lipinski definition) is 3. The van der Waals surface area contributed by atoms with E-state index in [0.717, 1.165) is 18.1 Å². The van der Waals surface area contributed by atoms with Crippen LogP contribution >= 0.6 is 0 Å². The molecule has 0 saturated heterocycles. The van der Waals surface area contributed by atoms with Gasteiger partial charge in [0.15, 0.2) is 23.3 Å². The number of nitrogens with one attached hydrogen (secondary N) is 1. The summed E-state index contributed by atoms with van der Waals surface area (Å²) in [4.78, 5) is 3.93. The first kappa shape index (κ1) is 12.5. The fraction of sp³-hybridized carbons (Fsp3) is 0.333. The molecule has 0 fully saturated rings. The highest BCUT2D eigenvalue weighted by atomic mass is 19.1. The van der Waals surface area contributed by atoms with Gasteiger partial charge in [0.25, 0.3) is 0 Å². The van der Waals surface area contributed by atoms with Crippen molar-refractivity contribution < 1.29 is 8.78 Å². The van der Waals surface area contributed by atoms with E-state index in [0.29, 0.717) is 6.54 Å². The molecule has 0 bridgehead atoms. The van der Waals surface area contributed by atoms with E-state index in [1.165, 1.54) is 4.68 Å². The molecule has 0 aromatic carbocycles. The molecule has 0 spiro atoms. The van der Waals surface area contributed by atoms with E-state index >= 15 is 0 Å². The number of aryl methyl sites for hydroxylation is 1. The van der Waals surface area contributed by atoms with Gasteiger partial charge in [-0.2, -0.15) is 5.10 Å². The standard InChI is InChI=1S/C12H14F2N4/c1-3-4-15-11-9(13)5-10(14)12(17-11)18-7-8(2)6-16-18/h5-7H,3-4H2,1-2H3,(H,15,17). The Morgan fingerprint density at radius 2 is 2.11 bits per heavy atom. The summed E-state index contributed by atoms with van der Waals surface area (Å²) in [5.41, 5.74) is 0.878. The third-order valence-corrected chi connectivity index (χ3v) is 2.38. The first-order valence-electron chi connectivity index (χ1n) is 5.73. The average Bonchev–Trinajstić information content (AvgIpc) is 2.74. The second-order valence-electron chi connectivity index (χ2n) is 4.01. The van der Waals surface area contributed by atoms with Crippen LogP contribution in [0.15, 0.2) is 18.5 Å². The molecule has 2 aromatic heterocycles. The van der Waals surface area contributed by atoms with Gasteiger partial charge in [-0.25, -0.2) is 18.4 Å². The van der Waals surface area contributed by atoms with Crippen LogP contribution in [0.3, 0.4) is 0 Å². The Balaban J connectivity index is 2.41. The van der Waals surface area contributed by atoms with Crippen LogP contribution in [0.2, 0.25) is 0 Å². The number of halogens is 2. The molecule has 0 atom stereocenters. The lowest BCUT2D eigenvalue weighted by molar-refractivity contribution is 0.562. The zero-order valence-corrected chi connectivity index (χ0v) is 10.2. The first-order valence-corrected chi connectivity index (χ1v) is 5.73. The fourth-order valence-electron chi connectivity index (χ4n) is 1.51. The number of hydrogen-bond donors (Lipinski definition) is 1. The largest absolute Gasteiger partial charge is 0.368 e. The quantitative estimate of drug-likeness (QED) is 0.909. The monoisotopic (exact) mass is 252 g/mol. The maximum Gasteiger partial charge on any atom is 0.191 e. The normalized spacial score (nSPS) is 10.7. The molecule has 4 nitrogen and oxygen atoms in total. The van der Waals surface area contributed by atoms with Gasteiger partial charge >= 0.3 is 0 Å². The van der Waals surface area contributed by atoms with Gasteiger partial charge in [-0.3, -0.25) is 0 Å². The fourth-order valence-corrected chi connectivity index (χ4v) is 1.51. The summed E-state index contributed by atoms with van der Waals surface area (Å²) in [5.74, 6) is -1.41. The van der Waals surface area contributed by atoms with Crippen molar-refractivity contribution >= 4 is 5.82 Å². The van der Waals surface area contributed by atoms with Crippen LogP contribution in [0.4, 0.5) is 14.6 Å². The van der Waals surface area contributed by atoms with Gasteiger partial charge in [-0.15, -0.1) is 0 Å². The van der Waals surface area contributed by atoms with E-state index in [-0.39, 0.29) is 11.6 Å². The molecule has 0 amide bonds.